The highest BCUT2D eigenvalue weighted by Crippen LogP contribution is 2.54. The van der Waals surface area contributed by atoms with Crippen molar-refractivity contribution in [3.63, 3.8) is 0 Å². The SMILES string of the molecule is c1ccc(C2=C(c3ccccc3-c3ccccc3)C(c3c(-c4ccccc4)ccc4c3-c3c5c(ccc3=N4)=c3ccccc3=N5)=NNN2c2c(-c3ccccc3)ccc3c2-c2c4c(ccc2=N3)=c2ccccc2=N4)cc1. The molecule has 11 aromatic rings. The first kappa shape index (κ1) is 42.2. The number of nitrogens with zero attached hydrogens (tertiary/aromatic N) is 6. The van der Waals surface area contributed by atoms with Crippen LogP contribution >= 0.6 is 0 Å². The molecule has 0 radical (unpaired) electrons. The van der Waals surface area contributed by atoms with E-state index in [0.717, 1.165) is 160 Å². The molecule has 0 amide bonds. The lowest BCUT2D eigenvalue weighted by Gasteiger charge is -2.37. The number of nitrogens with one attached hydrogen (secondary N) is 1. The van der Waals surface area contributed by atoms with Crippen LogP contribution in [0, 0.1) is 20.9 Å². The Bertz CT molecular complexity index is 4880. The van der Waals surface area contributed by atoms with Gasteiger partial charge in [-0.25, -0.2) is 30.5 Å². The standard InChI is InChI=1S/C69H41N7/c1-5-19-41(20-6-1)45-27-13-14-30-50(45)60-67(59-46(42-21-7-2-8-22-42)33-37-55-61(59)62-56(70-55)39-35-51-48-28-15-17-31-53(48)72-65(51)62)74-75-76(68(60)44-25-11-4-12-26-44)69-47(43-23-9-3-10-24-43)34-38-58-64(69)63-57(71-58)40-36-52-49-29-16-18-32-54(49)73-66(52)63/h1-40,75H. The first-order valence-electron chi connectivity index (χ1n) is 25.7. The van der Waals surface area contributed by atoms with Crippen molar-refractivity contribution in [3.8, 4) is 55.6 Å². The Morgan fingerprint density at radius 3 is 1.34 bits per heavy atom. The molecule has 1 N–H and O–H groups in total. The Hall–Kier alpha value is -10.4. The predicted molar refractivity (Wildman–Crippen MR) is 303 cm³/mol. The molecule has 0 unspecified atom stereocenters. The molecule has 76 heavy (non-hydrogen) atoms. The molecule has 0 fully saturated rings. The van der Waals surface area contributed by atoms with Gasteiger partial charge in [0, 0.05) is 65.4 Å². The molecule has 11 aromatic carbocycles. The van der Waals surface area contributed by atoms with Crippen LogP contribution in [0.3, 0.4) is 0 Å². The molecule has 5 aliphatic heterocycles. The molecule has 0 bridgehead atoms. The van der Waals surface area contributed by atoms with Crippen LogP contribution in [0.2, 0.25) is 0 Å². The van der Waals surface area contributed by atoms with E-state index >= 15 is 0 Å². The smallest absolute Gasteiger partial charge is 0.104 e. The summed E-state index contributed by atoms with van der Waals surface area (Å²) in [5.74, 6) is 0. The zero-order valence-electron chi connectivity index (χ0n) is 40.8. The maximum absolute atomic E-state index is 5.82. The van der Waals surface area contributed by atoms with Gasteiger partial charge in [0.25, 0.3) is 0 Å². The van der Waals surface area contributed by atoms with Crippen molar-refractivity contribution in [2.24, 2.45) is 25.1 Å². The van der Waals surface area contributed by atoms with Gasteiger partial charge in [-0.3, -0.25) is 0 Å². The zero-order chi connectivity index (χ0) is 49.8. The molecule has 5 heterocycles. The molecule has 0 spiro atoms. The average Bonchev–Trinajstić information content (AvgIpc) is 4.37. The molecule has 7 nitrogen and oxygen atoms in total. The summed E-state index contributed by atoms with van der Waals surface area (Å²) >= 11 is 0. The number of benzene rings is 11. The summed E-state index contributed by atoms with van der Waals surface area (Å²) in [5.41, 5.74) is 24.2. The van der Waals surface area contributed by atoms with Crippen LogP contribution in [0.5, 0.6) is 0 Å². The van der Waals surface area contributed by atoms with E-state index in [0.29, 0.717) is 0 Å². The third-order valence-electron chi connectivity index (χ3n) is 15.4. The van der Waals surface area contributed by atoms with Gasteiger partial charge in [-0.15, -0.1) is 0 Å². The zero-order valence-corrected chi connectivity index (χ0v) is 40.8. The van der Waals surface area contributed by atoms with E-state index in [9.17, 15) is 0 Å². The van der Waals surface area contributed by atoms with Gasteiger partial charge in [0.05, 0.1) is 55.6 Å². The van der Waals surface area contributed by atoms with E-state index in [2.05, 4.69) is 253 Å². The second kappa shape index (κ2) is 16.6. The Morgan fingerprint density at radius 2 is 0.750 bits per heavy atom. The molecule has 0 aromatic heterocycles. The van der Waals surface area contributed by atoms with Crippen molar-refractivity contribution < 1.29 is 0 Å². The number of para-hydroxylation sites is 2. The van der Waals surface area contributed by atoms with Crippen molar-refractivity contribution in [1.82, 2.24) is 5.53 Å². The molecule has 0 saturated carbocycles. The lowest BCUT2D eigenvalue weighted by molar-refractivity contribution is 0.762. The number of hydrazone groups is 1. The van der Waals surface area contributed by atoms with Crippen LogP contribution in [0.15, 0.2) is 268 Å². The Balaban J connectivity index is 1.06. The van der Waals surface area contributed by atoms with Crippen molar-refractivity contribution >= 4 is 45.4 Å². The van der Waals surface area contributed by atoms with Crippen LogP contribution < -0.4 is 32.0 Å². The maximum Gasteiger partial charge on any atom is 0.104 e. The summed E-state index contributed by atoms with van der Waals surface area (Å²) in [4.78, 5) is 21.6. The van der Waals surface area contributed by atoms with Crippen molar-refractivity contribution in [2.75, 3.05) is 5.01 Å². The molecule has 0 saturated heterocycles. The number of hydrazine groups is 1. The van der Waals surface area contributed by atoms with Gasteiger partial charge in [0.1, 0.15) is 5.71 Å². The highest BCUT2D eigenvalue weighted by atomic mass is 15.7. The largest absolute Gasteiger partial charge is 0.248 e. The van der Waals surface area contributed by atoms with Gasteiger partial charge < -0.3 is 0 Å². The first-order chi connectivity index (χ1) is 37.7. The molecule has 0 atom stereocenters. The number of allylic oxidation sites excluding steroid dienone is 1. The van der Waals surface area contributed by atoms with Crippen molar-refractivity contribution in [3.05, 3.63) is 302 Å². The van der Waals surface area contributed by atoms with E-state index in [-0.39, 0.29) is 0 Å². The topological polar surface area (TPSA) is 77.1 Å². The lowest BCUT2D eigenvalue weighted by Crippen LogP contribution is -2.40. The monoisotopic (exact) mass is 967 g/mol. The average molecular weight is 968 g/mol. The molecular weight excluding hydrogens is 927 g/mol. The second-order valence-corrected chi connectivity index (χ2v) is 19.6. The third kappa shape index (κ3) is 6.26. The number of fused-ring (bicyclic) bond motifs is 12. The molecule has 0 aliphatic carbocycles. The summed E-state index contributed by atoms with van der Waals surface area (Å²) < 4.78 is 0. The Labute approximate surface area is 436 Å². The molecule has 16 rings (SSSR count). The van der Waals surface area contributed by atoms with Crippen LogP contribution in [0.4, 0.5) is 28.4 Å². The molecule has 352 valence electrons. The number of rotatable bonds is 7. The van der Waals surface area contributed by atoms with E-state index in [1.807, 2.05) is 0 Å². The molecule has 5 aliphatic rings. The Kier molecular flexibility index (Phi) is 9.20. The number of hydrogen-bond acceptors (Lipinski definition) is 7. The normalized spacial score (nSPS) is 13.5. The fourth-order valence-corrected chi connectivity index (χ4v) is 12.1. The van der Waals surface area contributed by atoms with Crippen molar-refractivity contribution in [2.45, 2.75) is 0 Å². The summed E-state index contributed by atoms with van der Waals surface area (Å²) in [6.45, 7) is 0. The highest BCUT2D eigenvalue weighted by molar-refractivity contribution is 6.42. The van der Waals surface area contributed by atoms with Crippen LogP contribution in [0.25, 0.3) is 66.9 Å². The van der Waals surface area contributed by atoms with Gasteiger partial charge in [-0.2, -0.15) is 5.10 Å². The minimum Gasteiger partial charge on any atom is -0.248 e. The summed E-state index contributed by atoms with van der Waals surface area (Å²) in [6.07, 6.45) is 0. The minimum absolute atomic E-state index is 0.774. The summed E-state index contributed by atoms with van der Waals surface area (Å²) in [6, 6.07) is 85.8. The predicted octanol–water partition coefficient (Wildman–Crippen LogP) is 14.0. The quantitative estimate of drug-likeness (QED) is 0.173. The summed E-state index contributed by atoms with van der Waals surface area (Å²) in [7, 11) is 0. The third-order valence-corrected chi connectivity index (χ3v) is 15.4. The fraction of sp³-hybridized carbons (Fsp3) is 0. The molecule has 7 heteroatoms. The molecular formula is C69H41N7. The fourth-order valence-electron chi connectivity index (χ4n) is 12.1. The first-order valence-corrected chi connectivity index (χ1v) is 25.7. The van der Waals surface area contributed by atoms with Crippen LogP contribution in [0.1, 0.15) is 16.7 Å². The Morgan fingerprint density at radius 1 is 0.289 bits per heavy atom. The van der Waals surface area contributed by atoms with Crippen molar-refractivity contribution in [1.29, 1.82) is 0 Å². The van der Waals surface area contributed by atoms with E-state index < -0.39 is 0 Å². The second-order valence-electron chi connectivity index (χ2n) is 19.6. The number of anilines is 1. The van der Waals surface area contributed by atoms with E-state index in [1.165, 1.54) is 0 Å². The van der Waals surface area contributed by atoms with Gasteiger partial charge in [-0.05, 0) is 81.9 Å². The van der Waals surface area contributed by atoms with Gasteiger partial charge in [-0.1, -0.05) is 194 Å². The van der Waals surface area contributed by atoms with E-state index in [4.69, 9.17) is 25.1 Å². The van der Waals surface area contributed by atoms with Gasteiger partial charge in [0.2, 0.25) is 0 Å². The van der Waals surface area contributed by atoms with Gasteiger partial charge >= 0.3 is 0 Å². The van der Waals surface area contributed by atoms with E-state index in [1.54, 1.807) is 0 Å². The maximum atomic E-state index is 5.82. The highest BCUT2D eigenvalue weighted by Gasteiger charge is 2.38. The summed E-state index contributed by atoms with van der Waals surface area (Å²) in [5, 5.41) is 16.2. The number of hydrogen-bond donors (Lipinski definition) is 1. The lowest BCUT2D eigenvalue weighted by atomic mass is 9.81. The van der Waals surface area contributed by atoms with Crippen LogP contribution in [-0.4, -0.2) is 5.71 Å². The minimum atomic E-state index is 0.774. The van der Waals surface area contributed by atoms with Gasteiger partial charge in [0.15, 0.2) is 0 Å². The van der Waals surface area contributed by atoms with Crippen LogP contribution in [-0.2, 0) is 0 Å².